The molecule has 1 aromatic heterocycles. The van der Waals surface area contributed by atoms with E-state index in [0.29, 0.717) is 6.37 Å². The van der Waals surface area contributed by atoms with E-state index in [0.717, 1.165) is 37.8 Å². The molecule has 0 saturated heterocycles. The molecule has 0 saturated carbocycles. The Labute approximate surface area is 126 Å². The number of nitrogens with zero attached hydrogens (tertiary/aromatic N) is 2. The van der Waals surface area contributed by atoms with E-state index < -0.39 is 0 Å². The van der Waals surface area contributed by atoms with Crippen molar-refractivity contribution in [2.75, 3.05) is 0 Å². The summed E-state index contributed by atoms with van der Waals surface area (Å²) in [7, 11) is 0. The molecule has 0 spiro atoms. The fourth-order valence-corrected chi connectivity index (χ4v) is 3.91. The number of nitrogens with two attached hydrogens (primary N) is 2. The summed E-state index contributed by atoms with van der Waals surface area (Å²) in [4.78, 5) is 0.845. The van der Waals surface area contributed by atoms with Gasteiger partial charge in [-0.25, -0.2) is 4.45 Å². The first-order valence-corrected chi connectivity index (χ1v) is 10.3. The van der Waals surface area contributed by atoms with Gasteiger partial charge < -0.3 is 5.73 Å². The highest BCUT2D eigenvalue weighted by Crippen LogP contribution is 2.35. The summed E-state index contributed by atoms with van der Waals surface area (Å²) in [5.41, 5.74) is 7.63. The van der Waals surface area contributed by atoms with Gasteiger partial charge in [-0.15, -0.1) is 0 Å². The minimum atomic E-state index is 0.562. The second kappa shape index (κ2) is 5.88. The Balaban J connectivity index is 2.68. The fraction of sp³-hybridized carbons (Fsp3) is 0. The van der Waals surface area contributed by atoms with Gasteiger partial charge in [0.05, 0.1) is 18.1 Å². The lowest BCUT2D eigenvalue weighted by Gasteiger charge is -2.06. The minimum absolute atomic E-state index is 0.562. The first-order chi connectivity index (χ1) is 8.21. The zero-order chi connectivity index (χ0) is 12.4. The molecular weight excluding hydrogens is 434 g/mol. The maximum Gasteiger partial charge on any atom is 0.0747 e. The molecule has 0 aliphatic carbocycles. The van der Waals surface area contributed by atoms with Crippen LogP contribution in [0.15, 0.2) is 29.0 Å². The standard InChI is InChI=1S/C9H9BrIN4PS/c10-7-1-5(9(3-12)17-13)2-8-6(7)4-14-15(8)16-11/h1-4,16H,12-13H2/b9-3-. The molecule has 2 rings (SSSR count). The van der Waals surface area contributed by atoms with Crippen LogP contribution in [0.5, 0.6) is 0 Å². The number of hydrogen-bond donors (Lipinski definition) is 2. The van der Waals surface area contributed by atoms with Crippen LogP contribution < -0.4 is 10.9 Å². The third kappa shape index (κ3) is 2.63. The lowest BCUT2D eigenvalue weighted by atomic mass is 10.1. The van der Waals surface area contributed by atoms with Crippen LogP contribution in [0.1, 0.15) is 5.56 Å². The molecule has 1 aromatic carbocycles. The molecule has 90 valence electrons. The van der Waals surface area contributed by atoms with Gasteiger partial charge in [-0.3, -0.25) is 5.14 Å². The van der Waals surface area contributed by atoms with Crippen LogP contribution in [-0.4, -0.2) is 9.55 Å². The highest BCUT2D eigenvalue weighted by molar-refractivity contribution is 14.2. The van der Waals surface area contributed by atoms with Crippen molar-refractivity contribution < 1.29 is 0 Å². The molecule has 4 N–H and O–H groups in total. The predicted octanol–water partition coefficient (Wildman–Crippen LogP) is 3.45. The minimum Gasteiger partial charge on any atom is -0.404 e. The van der Waals surface area contributed by atoms with Gasteiger partial charge in [0.15, 0.2) is 0 Å². The van der Waals surface area contributed by atoms with Crippen molar-refractivity contribution in [2.45, 2.75) is 0 Å². The maximum absolute atomic E-state index is 5.59. The average Bonchev–Trinajstić information content (AvgIpc) is 2.74. The first kappa shape index (κ1) is 13.6. The van der Waals surface area contributed by atoms with E-state index in [1.165, 1.54) is 6.20 Å². The molecule has 2 aromatic rings. The van der Waals surface area contributed by atoms with Crippen LogP contribution in [-0.2, 0) is 0 Å². The van der Waals surface area contributed by atoms with Gasteiger partial charge in [0.2, 0.25) is 0 Å². The Kier molecular flexibility index (Phi) is 4.71. The number of hydrogen-bond acceptors (Lipinski definition) is 4. The SMILES string of the molecule is N/C=C(\SN)c1cc(Br)c2cnn(PI)c2c1. The van der Waals surface area contributed by atoms with Crippen molar-refractivity contribution in [3.63, 3.8) is 0 Å². The normalized spacial score (nSPS) is 13.0. The summed E-state index contributed by atoms with van der Waals surface area (Å²) in [6, 6.07) is 4.06. The van der Waals surface area contributed by atoms with E-state index in [1.807, 2.05) is 16.7 Å². The van der Waals surface area contributed by atoms with Crippen molar-refractivity contribution in [3.05, 3.63) is 34.6 Å². The second-order valence-electron chi connectivity index (χ2n) is 3.18. The van der Waals surface area contributed by atoms with Crippen LogP contribution in [0, 0.1) is 0 Å². The lowest BCUT2D eigenvalue weighted by Crippen LogP contribution is -1.91. The molecule has 0 aliphatic rings. The summed E-state index contributed by atoms with van der Waals surface area (Å²) < 4.78 is 2.96. The van der Waals surface area contributed by atoms with Gasteiger partial charge in [0.1, 0.15) is 0 Å². The highest BCUT2D eigenvalue weighted by Gasteiger charge is 2.10. The van der Waals surface area contributed by atoms with E-state index in [9.17, 15) is 0 Å². The highest BCUT2D eigenvalue weighted by atomic mass is 127. The van der Waals surface area contributed by atoms with Crippen LogP contribution in [0.2, 0.25) is 0 Å². The molecule has 0 fully saturated rings. The quantitative estimate of drug-likeness (QED) is 0.434. The summed E-state index contributed by atoms with van der Waals surface area (Å²) in [5, 5.41) is 11.0. The smallest absolute Gasteiger partial charge is 0.0747 e. The first-order valence-electron chi connectivity index (χ1n) is 4.54. The van der Waals surface area contributed by atoms with Gasteiger partial charge in [-0.1, -0.05) is 15.9 Å². The molecule has 0 bridgehead atoms. The largest absolute Gasteiger partial charge is 0.404 e. The van der Waals surface area contributed by atoms with Crippen LogP contribution in [0.25, 0.3) is 15.8 Å². The third-order valence-corrected chi connectivity index (χ3v) is 5.45. The summed E-state index contributed by atoms with van der Waals surface area (Å²) in [6.45, 7) is 0. The van der Waals surface area contributed by atoms with Crippen LogP contribution in [0.3, 0.4) is 0 Å². The zero-order valence-electron chi connectivity index (χ0n) is 8.52. The maximum atomic E-state index is 5.59. The lowest BCUT2D eigenvalue weighted by molar-refractivity contribution is 1.04. The number of halogens is 2. The molecule has 8 heteroatoms. The average molecular weight is 443 g/mol. The van der Waals surface area contributed by atoms with E-state index in [4.69, 9.17) is 10.9 Å². The molecule has 1 atom stereocenters. The predicted molar refractivity (Wildman–Crippen MR) is 89.1 cm³/mol. The van der Waals surface area contributed by atoms with Crippen molar-refractivity contribution in [1.29, 1.82) is 0 Å². The van der Waals surface area contributed by atoms with Crippen molar-refractivity contribution in [2.24, 2.45) is 10.9 Å². The molecule has 0 amide bonds. The van der Waals surface area contributed by atoms with E-state index in [2.05, 4.69) is 49.1 Å². The summed E-state index contributed by atoms with van der Waals surface area (Å²) >= 11 is 6.99. The van der Waals surface area contributed by atoms with Crippen molar-refractivity contribution in [1.82, 2.24) is 9.55 Å². The van der Waals surface area contributed by atoms with Gasteiger partial charge >= 0.3 is 0 Å². The molecule has 0 aliphatic heterocycles. The number of fused-ring (bicyclic) bond motifs is 1. The third-order valence-electron chi connectivity index (χ3n) is 2.28. The summed E-state index contributed by atoms with van der Waals surface area (Å²) in [5.74, 6) is 0. The molecule has 1 heterocycles. The molecular formula is C9H9BrIN4PS. The Morgan fingerprint density at radius 2 is 2.35 bits per heavy atom. The Morgan fingerprint density at radius 1 is 1.59 bits per heavy atom. The van der Waals surface area contributed by atoms with Crippen LogP contribution in [0.4, 0.5) is 0 Å². The van der Waals surface area contributed by atoms with Crippen LogP contribution >= 0.6 is 56.3 Å². The molecule has 4 nitrogen and oxygen atoms in total. The summed E-state index contributed by atoms with van der Waals surface area (Å²) in [6.07, 6.45) is 3.94. The van der Waals surface area contributed by atoms with E-state index in [1.54, 1.807) is 0 Å². The van der Waals surface area contributed by atoms with Crippen molar-refractivity contribution in [3.8, 4) is 0 Å². The van der Waals surface area contributed by atoms with Gasteiger partial charge in [0.25, 0.3) is 0 Å². The topological polar surface area (TPSA) is 69.9 Å². The molecule has 1 unspecified atom stereocenters. The van der Waals surface area contributed by atoms with E-state index >= 15 is 0 Å². The monoisotopic (exact) mass is 442 g/mol. The number of aromatic nitrogens is 2. The number of rotatable bonds is 3. The van der Waals surface area contributed by atoms with E-state index in [-0.39, 0.29) is 0 Å². The Morgan fingerprint density at radius 3 is 2.94 bits per heavy atom. The second-order valence-corrected chi connectivity index (χ2v) is 6.75. The van der Waals surface area contributed by atoms with Gasteiger partial charge in [0, 0.05) is 21.0 Å². The fourth-order valence-electron chi connectivity index (χ4n) is 1.50. The van der Waals surface area contributed by atoms with Gasteiger partial charge in [-0.2, -0.15) is 5.10 Å². The molecule has 17 heavy (non-hydrogen) atoms. The Bertz CT molecular complexity index is 586. The zero-order valence-corrected chi connectivity index (χ0v) is 14.1. The van der Waals surface area contributed by atoms with Gasteiger partial charge in [-0.05, 0) is 51.7 Å². The Hall–Kier alpha value is 0.180. The molecule has 0 radical (unpaired) electrons. The van der Waals surface area contributed by atoms with Crippen molar-refractivity contribution >= 4 is 72.1 Å². The number of benzene rings is 1.